The fraction of sp³-hybridized carbons (Fsp3) is 0.0952. The summed E-state index contributed by atoms with van der Waals surface area (Å²) in [5, 5.41) is 18.1. The molecule has 0 aliphatic carbocycles. The van der Waals surface area contributed by atoms with Gasteiger partial charge in [-0.2, -0.15) is 0 Å². The Hall–Kier alpha value is -2.75. The van der Waals surface area contributed by atoms with Crippen molar-refractivity contribution in [3.63, 3.8) is 0 Å². The van der Waals surface area contributed by atoms with Crippen molar-refractivity contribution < 1.29 is 23.8 Å². The maximum absolute atomic E-state index is 11.9. The first-order chi connectivity index (χ1) is 14.9. The van der Waals surface area contributed by atoms with Gasteiger partial charge < -0.3 is 19.0 Å². The Balaban J connectivity index is 1.92. The average molecular weight is 524 g/mol. The topological polar surface area (TPSA) is 94.7 Å². The lowest BCUT2D eigenvalue weighted by Crippen LogP contribution is -1.99. The second-order valence-electron chi connectivity index (χ2n) is 5.92. The van der Waals surface area contributed by atoms with E-state index in [2.05, 4.69) is 32.7 Å². The Morgan fingerprint density at radius 2 is 2.06 bits per heavy atom. The number of carbonyl (C=O) groups is 1. The summed E-state index contributed by atoms with van der Waals surface area (Å²) >= 11 is 10.3. The molecule has 0 saturated carbocycles. The summed E-state index contributed by atoms with van der Waals surface area (Å²) in [6.45, 7) is 3.90. The van der Waals surface area contributed by atoms with Crippen LogP contribution in [0.3, 0.4) is 0 Å². The number of aromatic nitrogens is 2. The molecule has 0 aliphatic rings. The molecule has 0 aliphatic heterocycles. The predicted molar refractivity (Wildman–Crippen MR) is 123 cm³/mol. The van der Waals surface area contributed by atoms with Crippen molar-refractivity contribution in [1.29, 1.82) is 0 Å². The monoisotopic (exact) mass is 522 g/mol. The number of aliphatic carboxylic acids is 1. The Labute approximate surface area is 195 Å². The number of ether oxygens (including phenoxy) is 2. The largest absolute Gasteiger partial charge is 0.496 e. The molecule has 3 aromatic rings. The molecule has 31 heavy (non-hydrogen) atoms. The second kappa shape index (κ2) is 10.5. The van der Waals surface area contributed by atoms with Gasteiger partial charge in [0.05, 0.1) is 12.7 Å². The fourth-order valence-corrected chi connectivity index (χ4v) is 3.70. The zero-order chi connectivity index (χ0) is 22.4. The highest BCUT2D eigenvalue weighted by Gasteiger charge is 2.19. The number of halogens is 2. The van der Waals surface area contributed by atoms with Gasteiger partial charge in [0.15, 0.2) is 0 Å². The Morgan fingerprint density at radius 3 is 2.77 bits per heavy atom. The number of benzene rings is 2. The van der Waals surface area contributed by atoms with Gasteiger partial charge in [-0.3, -0.25) is 0 Å². The molecule has 0 fully saturated rings. The van der Waals surface area contributed by atoms with Crippen molar-refractivity contribution in [2.24, 2.45) is 0 Å². The van der Waals surface area contributed by atoms with Gasteiger partial charge in [-0.15, -0.1) is 10.2 Å². The molecule has 1 heterocycles. The van der Waals surface area contributed by atoms with E-state index in [1.54, 1.807) is 42.5 Å². The number of hydrogen-bond donors (Lipinski definition) is 1. The lowest BCUT2D eigenvalue weighted by Gasteiger charge is -2.08. The van der Waals surface area contributed by atoms with E-state index >= 15 is 0 Å². The molecule has 2 aromatic carbocycles. The average Bonchev–Trinajstić information content (AvgIpc) is 3.21. The molecule has 0 atom stereocenters. The molecule has 10 heteroatoms. The third-order valence-corrected chi connectivity index (χ3v) is 5.40. The molecule has 3 rings (SSSR count). The lowest BCUT2D eigenvalue weighted by atomic mass is 10.2. The second-order valence-corrected chi connectivity index (χ2v) is 8.26. The van der Waals surface area contributed by atoms with Crippen LogP contribution in [0.4, 0.5) is 0 Å². The van der Waals surface area contributed by atoms with E-state index in [0.29, 0.717) is 27.6 Å². The number of carboxylic acids is 1. The third kappa shape index (κ3) is 5.90. The number of nitrogens with zero attached hydrogens (tertiary/aromatic N) is 2. The first-order valence-electron chi connectivity index (χ1n) is 8.74. The number of thioether (sulfide) groups is 1. The van der Waals surface area contributed by atoms with Crippen molar-refractivity contribution >= 4 is 51.3 Å². The van der Waals surface area contributed by atoms with Crippen LogP contribution in [0.25, 0.3) is 17.5 Å². The van der Waals surface area contributed by atoms with Crippen molar-refractivity contribution in [1.82, 2.24) is 10.2 Å². The minimum Gasteiger partial charge on any atom is -0.496 e. The number of hydrogen-bond acceptors (Lipinski definition) is 7. The van der Waals surface area contributed by atoms with Crippen molar-refractivity contribution in [3.05, 3.63) is 69.0 Å². The molecule has 0 saturated heterocycles. The molecule has 0 spiro atoms. The van der Waals surface area contributed by atoms with Gasteiger partial charge in [0, 0.05) is 15.1 Å². The van der Waals surface area contributed by atoms with Gasteiger partial charge in [-0.25, -0.2) is 4.79 Å². The molecular weight excluding hydrogens is 508 g/mol. The Bertz CT molecular complexity index is 1150. The first-order valence-corrected chi connectivity index (χ1v) is 10.7. The normalized spacial score (nSPS) is 11.3. The van der Waals surface area contributed by atoms with Crippen LogP contribution < -0.4 is 9.47 Å². The Morgan fingerprint density at radius 1 is 1.29 bits per heavy atom. The van der Waals surface area contributed by atoms with E-state index in [-0.39, 0.29) is 22.6 Å². The molecule has 0 amide bonds. The minimum atomic E-state index is -1.15. The van der Waals surface area contributed by atoms with Gasteiger partial charge in [-0.1, -0.05) is 40.2 Å². The summed E-state index contributed by atoms with van der Waals surface area (Å²) in [7, 11) is 1.51. The standard InChI is InChI=1S/C21H16BrClN2O5S/c1-3-8-29-16-6-4-13(22)9-12(16)10-18(20(26)27)31-21-25-24-19(30-21)15-11-14(23)5-7-17(15)28-2/h3-7,9-11H,1,8H2,2H3,(H,26,27)/b18-10-. The maximum Gasteiger partial charge on any atom is 0.342 e. The van der Waals surface area contributed by atoms with Crippen LogP contribution in [-0.2, 0) is 4.79 Å². The maximum atomic E-state index is 11.9. The highest BCUT2D eigenvalue weighted by molar-refractivity contribution is 9.10. The summed E-state index contributed by atoms with van der Waals surface area (Å²) in [6.07, 6.45) is 3.08. The van der Waals surface area contributed by atoms with Gasteiger partial charge in [0.2, 0.25) is 0 Å². The zero-order valence-electron chi connectivity index (χ0n) is 16.2. The fourth-order valence-electron chi connectivity index (χ4n) is 2.49. The van der Waals surface area contributed by atoms with Crippen LogP contribution >= 0.6 is 39.3 Å². The quantitative estimate of drug-likeness (QED) is 0.209. The van der Waals surface area contributed by atoms with Crippen LogP contribution in [-0.4, -0.2) is 35.0 Å². The summed E-state index contributed by atoms with van der Waals surface area (Å²) in [5.41, 5.74) is 1.07. The van der Waals surface area contributed by atoms with E-state index in [1.165, 1.54) is 13.2 Å². The van der Waals surface area contributed by atoms with Gasteiger partial charge >= 0.3 is 5.97 Å². The van der Waals surface area contributed by atoms with E-state index in [4.69, 9.17) is 25.5 Å². The van der Waals surface area contributed by atoms with Crippen LogP contribution in [0, 0.1) is 0 Å². The molecule has 160 valence electrons. The number of rotatable bonds is 9. The Kier molecular flexibility index (Phi) is 7.78. The van der Waals surface area contributed by atoms with Crippen molar-refractivity contribution in [3.8, 4) is 23.0 Å². The van der Waals surface area contributed by atoms with E-state index < -0.39 is 5.97 Å². The van der Waals surface area contributed by atoms with Gasteiger partial charge in [-0.05, 0) is 54.2 Å². The van der Waals surface area contributed by atoms with Crippen molar-refractivity contribution in [2.45, 2.75) is 5.22 Å². The summed E-state index contributed by atoms with van der Waals surface area (Å²) in [4.78, 5) is 11.8. The van der Waals surface area contributed by atoms with Crippen LogP contribution in [0.1, 0.15) is 5.56 Å². The highest BCUT2D eigenvalue weighted by atomic mass is 79.9. The zero-order valence-corrected chi connectivity index (χ0v) is 19.3. The summed E-state index contributed by atoms with van der Waals surface area (Å²) < 4.78 is 17.3. The number of carboxylic acid groups (broad SMARTS) is 1. The van der Waals surface area contributed by atoms with E-state index in [0.717, 1.165) is 16.2 Å². The van der Waals surface area contributed by atoms with E-state index in [9.17, 15) is 9.90 Å². The minimum absolute atomic E-state index is 0.0326. The van der Waals surface area contributed by atoms with Crippen LogP contribution in [0.2, 0.25) is 5.02 Å². The molecule has 0 unspecified atom stereocenters. The third-order valence-electron chi connectivity index (χ3n) is 3.82. The van der Waals surface area contributed by atoms with E-state index in [1.807, 2.05) is 0 Å². The molecule has 1 N–H and O–H groups in total. The number of methoxy groups -OCH3 is 1. The van der Waals surface area contributed by atoms with Crippen LogP contribution in [0.5, 0.6) is 11.5 Å². The summed E-state index contributed by atoms with van der Waals surface area (Å²) in [6, 6.07) is 10.3. The SMILES string of the molecule is C=CCOc1ccc(Br)cc1/C=C(\Sc1nnc(-c2cc(Cl)ccc2OC)o1)C(=O)O. The summed E-state index contributed by atoms with van der Waals surface area (Å²) in [5.74, 6) is 0.0119. The molecular formula is C21H16BrClN2O5S. The van der Waals surface area contributed by atoms with Gasteiger partial charge in [0.25, 0.3) is 11.1 Å². The highest BCUT2D eigenvalue weighted by Crippen LogP contribution is 2.36. The van der Waals surface area contributed by atoms with Gasteiger partial charge in [0.1, 0.15) is 23.0 Å². The van der Waals surface area contributed by atoms with Crippen LogP contribution in [0.15, 0.2) is 68.1 Å². The smallest absolute Gasteiger partial charge is 0.342 e. The van der Waals surface area contributed by atoms with Crippen molar-refractivity contribution in [2.75, 3.05) is 13.7 Å². The lowest BCUT2D eigenvalue weighted by molar-refractivity contribution is -0.131. The molecule has 0 radical (unpaired) electrons. The predicted octanol–water partition coefficient (Wildman–Crippen LogP) is 5.94. The molecule has 0 bridgehead atoms. The molecule has 7 nitrogen and oxygen atoms in total. The first kappa shape index (κ1) is 22.9. The molecule has 1 aromatic heterocycles.